The van der Waals surface area contributed by atoms with Gasteiger partial charge < -0.3 is 25.6 Å². The number of nitrogens with two attached hydrogens (primary N) is 1. The molecular formula is C30H32N4O8. The number of nitro groups is 1. The Labute approximate surface area is 242 Å². The van der Waals surface area contributed by atoms with E-state index in [4.69, 9.17) is 15.2 Å². The van der Waals surface area contributed by atoms with Crippen LogP contribution in [0.1, 0.15) is 34.5 Å². The SMILES string of the molecule is COC1C(C(=O)C(c2ccccc2)N(C(N)=O)c2ccccc2C)CNC1(C)COc1ccc(C(=O)O)cc1[N+](=O)[O-]. The van der Waals surface area contributed by atoms with Crippen LogP contribution in [-0.2, 0) is 9.53 Å². The Bertz CT molecular complexity index is 1500. The van der Waals surface area contributed by atoms with Crippen LogP contribution in [-0.4, -0.2) is 59.7 Å². The van der Waals surface area contributed by atoms with Gasteiger partial charge in [0, 0.05) is 25.4 Å². The van der Waals surface area contributed by atoms with Gasteiger partial charge in [-0.3, -0.25) is 19.8 Å². The van der Waals surface area contributed by atoms with E-state index in [-0.39, 0.29) is 30.2 Å². The summed E-state index contributed by atoms with van der Waals surface area (Å²) in [4.78, 5) is 50.8. The number of ether oxygens (including phenoxy) is 2. The fraction of sp³-hybridized carbons (Fsp3) is 0.300. The molecule has 4 atom stereocenters. The lowest BCUT2D eigenvalue weighted by atomic mass is 9.84. The maximum Gasteiger partial charge on any atom is 0.335 e. The number of hydrogen-bond acceptors (Lipinski definition) is 8. The number of ketones is 1. The van der Waals surface area contributed by atoms with Crippen molar-refractivity contribution in [3.63, 3.8) is 0 Å². The highest BCUT2D eigenvalue weighted by Gasteiger charge is 2.51. The van der Waals surface area contributed by atoms with E-state index in [1.54, 1.807) is 49.4 Å². The molecule has 220 valence electrons. The Morgan fingerprint density at radius 2 is 1.81 bits per heavy atom. The maximum absolute atomic E-state index is 14.4. The summed E-state index contributed by atoms with van der Waals surface area (Å²) in [5.74, 6) is -2.51. The van der Waals surface area contributed by atoms with Gasteiger partial charge in [-0.2, -0.15) is 0 Å². The number of anilines is 1. The standard InChI is InChI=1S/C30H32N4O8/c1-18-9-7-8-12-22(18)33(29(31)38)25(19-10-5-4-6-11-19)26(35)21-16-32-30(2,27(21)41-3)17-42-24-14-13-20(28(36)37)15-23(24)34(39)40/h4-15,21,25,27,32H,16-17H2,1-3H3,(H2,31,38)(H,36,37). The largest absolute Gasteiger partial charge is 0.485 e. The molecule has 12 heteroatoms. The quantitative estimate of drug-likeness (QED) is 0.226. The number of rotatable bonds is 11. The number of benzene rings is 3. The number of nitrogens with zero attached hydrogens (tertiary/aromatic N) is 2. The summed E-state index contributed by atoms with van der Waals surface area (Å²) in [5, 5.41) is 24.1. The van der Waals surface area contributed by atoms with Crippen molar-refractivity contribution in [3.05, 3.63) is 99.6 Å². The van der Waals surface area contributed by atoms with E-state index in [9.17, 15) is 29.6 Å². The number of aryl methyl sites for hydroxylation is 1. The van der Waals surface area contributed by atoms with Crippen molar-refractivity contribution < 1.29 is 33.9 Å². The zero-order valence-electron chi connectivity index (χ0n) is 23.4. The number of methoxy groups -OCH3 is 1. The minimum absolute atomic E-state index is 0.126. The van der Waals surface area contributed by atoms with Crippen LogP contribution in [0.15, 0.2) is 72.8 Å². The minimum atomic E-state index is -1.31. The van der Waals surface area contributed by atoms with E-state index in [0.717, 1.165) is 11.6 Å². The van der Waals surface area contributed by atoms with Crippen molar-refractivity contribution in [1.29, 1.82) is 0 Å². The summed E-state index contributed by atoms with van der Waals surface area (Å²) in [6, 6.07) is 17.5. The van der Waals surface area contributed by atoms with Gasteiger partial charge in [0.2, 0.25) is 0 Å². The molecule has 1 heterocycles. The lowest BCUT2D eigenvalue weighted by Gasteiger charge is -2.35. The first-order valence-corrected chi connectivity index (χ1v) is 13.1. The van der Waals surface area contributed by atoms with Gasteiger partial charge in [0.15, 0.2) is 11.5 Å². The number of carboxylic acid groups (broad SMARTS) is 1. The molecule has 2 amide bonds. The molecule has 4 N–H and O–H groups in total. The zero-order valence-corrected chi connectivity index (χ0v) is 23.4. The summed E-state index contributed by atoms with van der Waals surface area (Å²) in [6.07, 6.45) is -0.764. The van der Waals surface area contributed by atoms with Crippen molar-refractivity contribution in [1.82, 2.24) is 5.32 Å². The number of para-hydroxylation sites is 1. The molecular weight excluding hydrogens is 544 g/mol. The van der Waals surface area contributed by atoms with E-state index in [1.807, 2.05) is 19.1 Å². The van der Waals surface area contributed by atoms with Crippen LogP contribution in [0.5, 0.6) is 5.75 Å². The number of urea groups is 1. The first-order chi connectivity index (χ1) is 20.0. The number of carbonyl (C=O) groups excluding carboxylic acids is 2. The molecule has 1 fully saturated rings. The van der Waals surface area contributed by atoms with Crippen LogP contribution in [0, 0.1) is 23.0 Å². The van der Waals surface area contributed by atoms with Crippen LogP contribution in [0.3, 0.4) is 0 Å². The highest BCUT2D eigenvalue weighted by Crippen LogP contribution is 2.38. The number of nitrogens with one attached hydrogen (secondary N) is 1. The number of nitro benzene ring substituents is 1. The Morgan fingerprint density at radius 3 is 2.40 bits per heavy atom. The lowest BCUT2D eigenvalue weighted by Crippen LogP contribution is -2.53. The second-order valence-electron chi connectivity index (χ2n) is 10.3. The van der Waals surface area contributed by atoms with Crippen LogP contribution < -0.4 is 20.7 Å². The third kappa shape index (κ3) is 5.94. The predicted octanol–water partition coefficient (Wildman–Crippen LogP) is 3.87. The van der Waals surface area contributed by atoms with Crippen molar-refractivity contribution in [2.75, 3.05) is 25.2 Å². The van der Waals surface area contributed by atoms with E-state index < -0.39 is 46.2 Å². The van der Waals surface area contributed by atoms with E-state index in [1.165, 1.54) is 24.1 Å². The molecule has 0 radical (unpaired) electrons. The second-order valence-corrected chi connectivity index (χ2v) is 10.3. The topological polar surface area (TPSA) is 174 Å². The molecule has 0 saturated carbocycles. The van der Waals surface area contributed by atoms with Crippen molar-refractivity contribution >= 4 is 29.2 Å². The number of amides is 2. The first-order valence-electron chi connectivity index (χ1n) is 13.1. The van der Waals surface area contributed by atoms with Crippen LogP contribution >= 0.6 is 0 Å². The van der Waals surface area contributed by atoms with Gasteiger partial charge in [-0.05, 0) is 43.2 Å². The number of carbonyl (C=O) groups is 3. The average molecular weight is 577 g/mol. The first kappa shape index (κ1) is 30.2. The second kappa shape index (κ2) is 12.4. The highest BCUT2D eigenvalue weighted by molar-refractivity contribution is 6.02. The molecule has 1 aliphatic heterocycles. The van der Waals surface area contributed by atoms with Crippen LogP contribution in [0.4, 0.5) is 16.2 Å². The Balaban J connectivity index is 1.66. The number of primary amides is 1. The number of Topliss-reactive ketones (excluding diaryl/α,β-unsaturated/α-hetero) is 1. The van der Waals surface area contributed by atoms with Gasteiger partial charge >= 0.3 is 17.7 Å². The summed E-state index contributed by atoms with van der Waals surface area (Å²) in [5.41, 5.74) is 5.97. The smallest absolute Gasteiger partial charge is 0.335 e. The van der Waals surface area contributed by atoms with Crippen molar-refractivity contribution in [3.8, 4) is 5.75 Å². The Kier molecular flexibility index (Phi) is 8.88. The summed E-state index contributed by atoms with van der Waals surface area (Å²) in [7, 11) is 1.45. The predicted molar refractivity (Wildman–Crippen MR) is 154 cm³/mol. The van der Waals surface area contributed by atoms with E-state index >= 15 is 0 Å². The molecule has 12 nitrogen and oxygen atoms in total. The minimum Gasteiger partial charge on any atom is -0.485 e. The fourth-order valence-electron chi connectivity index (χ4n) is 5.44. The van der Waals surface area contributed by atoms with Crippen LogP contribution in [0.2, 0.25) is 0 Å². The van der Waals surface area contributed by atoms with Crippen LogP contribution in [0.25, 0.3) is 0 Å². The number of carboxylic acids is 1. The molecule has 1 saturated heterocycles. The average Bonchev–Trinajstić information content (AvgIpc) is 3.31. The van der Waals surface area contributed by atoms with Gasteiger partial charge in [0.25, 0.3) is 0 Å². The zero-order chi connectivity index (χ0) is 30.6. The lowest BCUT2D eigenvalue weighted by molar-refractivity contribution is -0.386. The normalized spacial score (nSPS) is 20.5. The van der Waals surface area contributed by atoms with Crippen molar-refractivity contribution in [2.45, 2.75) is 31.5 Å². The Hall–Kier alpha value is -4.81. The highest BCUT2D eigenvalue weighted by atomic mass is 16.6. The van der Waals surface area contributed by atoms with Gasteiger partial charge in [-0.1, -0.05) is 48.5 Å². The molecule has 3 aromatic rings. The molecule has 4 unspecified atom stereocenters. The molecule has 0 aromatic heterocycles. The molecule has 0 spiro atoms. The van der Waals surface area contributed by atoms with Crippen molar-refractivity contribution in [2.24, 2.45) is 11.7 Å². The van der Waals surface area contributed by atoms with Gasteiger partial charge in [0.1, 0.15) is 12.6 Å². The molecule has 42 heavy (non-hydrogen) atoms. The molecule has 3 aromatic carbocycles. The number of aromatic carboxylic acids is 1. The fourth-order valence-corrected chi connectivity index (χ4v) is 5.44. The Morgan fingerprint density at radius 1 is 1.14 bits per heavy atom. The van der Waals surface area contributed by atoms with Gasteiger partial charge in [0.05, 0.1) is 28.0 Å². The summed E-state index contributed by atoms with van der Waals surface area (Å²) in [6.45, 7) is 3.61. The molecule has 1 aliphatic rings. The summed E-state index contributed by atoms with van der Waals surface area (Å²) < 4.78 is 11.6. The van der Waals surface area contributed by atoms with E-state index in [2.05, 4.69) is 5.32 Å². The third-order valence-electron chi connectivity index (χ3n) is 7.52. The van der Waals surface area contributed by atoms with Gasteiger partial charge in [-0.15, -0.1) is 0 Å². The maximum atomic E-state index is 14.4. The molecule has 0 bridgehead atoms. The molecule has 4 rings (SSSR count). The number of hydrogen-bond donors (Lipinski definition) is 3. The monoisotopic (exact) mass is 576 g/mol. The third-order valence-corrected chi connectivity index (χ3v) is 7.52. The summed E-state index contributed by atoms with van der Waals surface area (Å²) >= 11 is 0. The molecule has 0 aliphatic carbocycles. The van der Waals surface area contributed by atoms with E-state index in [0.29, 0.717) is 11.3 Å². The van der Waals surface area contributed by atoms with Gasteiger partial charge in [-0.25, -0.2) is 9.59 Å².